The quantitative estimate of drug-likeness (QED) is 0.639. The Morgan fingerprint density at radius 1 is 1.21 bits per heavy atom. The van der Waals surface area contributed by atoms with Crippen LogP contribution in [0.2, 0.25) is 0 Å². The van der Waals surface area contributed by atoms with Crippen LogP contribution in [-0.2, 0) is 6.54 Å². The number of benzene rings is 1. The molecule has 0 unspecified atom stereocenters. The molecular formula is C19H20F3N5O2. The van der Waals surface area contributed by atoms with E-state index in [0.29, 0.717) is 18.7 Å². The number of hydrogen-bond acceptors (Lipinski definition) is 6. The van der Waals surface area contributed by atoms with Crippen LogP contribution in [0.1, 0.15) is 43.8 Å². The number of nitrogens with zero attached hydrogens (tertiary/aromatic N) is 5. The summed E-state index contributed by atoms with van der Waals surface area (Å²) in [7, 11) is 1.73. The Kier molecular flexibility index (Phi) is 5.16. The number of aromatic nitrogens is 4. The second-order valence-electron chi connectivity index (χ2n) is 7.20. The Labute approximate surface area is 164 Å². The maximum Gasteiger partial charge on any atom is 0.266 e. The van der Waals surface area contributed by atoms with E-state index in [9.17, 15) is 18.3 Å². The van der Waals surface area contributed by atoms with Gasteiger partial charge >= 0.3 is 0 Å². The molecule has 1 aromatic carbocycles. The summed E-state index contributed by atoms with van der Waals surface area (Å²) in [4.78, 5) is 5.74. The lowest BCUT2D eigenvalue weighted by molar-refractivity contribution is 0.322. The Balaban J connectivity index is 1.55. The predicted molar refractivity (Wildman–Crippen MR) is 97.7 cm³/mol. The second-order valence-corrected chi connectivity index (χ2v) is 7.20. The molecule has 0 bridgehead atoms. The maximum absolute atomic E-state index is 14.1. The molecule has 2 aromatic heterocycles. The molecular weight excluding hydrogens is 387 g/mol. The summed E-state index contributed by atoms with van der Waals surface area (Å²) in [6, 6.07) is 2.85. The number of phenolic OH excluding ortho intramolecular Hbond substituents is 1. The molecule has 0 spiro atoms. The van der Waals surface area contributed by atoms with Crippen molar-refractivity contribution >= 4 is 5.95 Å². The highest BCUT2D eigenvalue weighted by Gasteiger charge is 2.24. The summed E-state index contributed by atoms with van der Waals surface area (Å²) < 4.78 is 47.9. The smallest absolute Gasteiger partial charge is 0.266 e. The molecule has 4 rings (SSSR count). The fourth-order valence-corrected chi connectivity index (χ4v) is 3.66. The van der Waals surface area contributed by atoms with Crippen LogP contribution in [-0.4, -0.2) is 32.1 Å². The molecule has 1 saturated carbocycles. The van der Waals surface area contributed by atoms with E-state index in [-0.39, 0.29) is 11.8 Å². The minimum atomic E-state index is -1.67. The van der Waals surface area contributed by atoms with Crippen LogP contribution in [0.3, 0.4) is 0 Å². The zero-order chi connectivity index (χ0) is 20.5. The van der Waals surface area contributed by atoms with Crippen LogP contribution in [0.4, 0.5) is 19.1 Å². The van der Waals surface area contributed by atoms with Crippen molar-refractivity contribution in [2.75, 3.05) is 11.9 Å². The zero-order valence-electron chi connectivity index (χ0n) is 15.8. The first-order chi connectivity index (χ1) is 14.0. The molecule has 0 aliphatic heterocycles. The lowest BCUT2D eigenvalue weighted by atomic mass is 9.95. The number of rotatable bonds is 5. The highest BCUT2D eigenvalue weighted by molar-refractivity contribution is 5.58. The van der Waals surface area contributed by atoms with E-state index in [1.165, 1.54) is 19.3 Å². The Hall–Kier alpha value is -3.04. The van der Waals surface area contributed by atoms with Crippen molar-refractivity contribution in [3.05, 3.63) is 41.5 Å². The van der Waals surface area contributed by atoms with Gasteiger partial charge in [0.1, 0.15) is 0 Å². The highest BCUT2D eigenvalue weighted by atomic mass is 19.2. The minimum Gasteiger partial charge on any atom is -0.503 e. The average molecular weight is 407 g/mol. The van der Waals surface area contributed by atoms with Gasteiger partial charge < -0.3 is 14.5 Å². The molecule has 1 aliphatic rings. The van der Waals surface area contributed by atoms with Gasteiger partial charge in [0.15, 0.2) is 17.4 Å². The van der Waals surface area contributed by atoms with Gasteiger partial charge in [0, 0.05) is 13.2 Å². The monoisotopic (exact) mass is 407 g/mol. The molecule has 1 aliphatic carbocycles. The van der Waals surface area contributed by atoms with Gasteiger partial charge in [-0.25, -0.2) is 8.78 Å². The number of hydrogen-bond donors (Lipinski definition) is 1. The fourth-order valence-electron chi connectivity index (χ4n) is 3.66. The third kappa shape index (κ3) is 3.66. The van der Waals surface area contributed by atoms with Gasteiger partial charge in [0.05, 0.1) is 23.8 Å². The molecule has 0 radical (unpaired) electrons. The topological polar surface area (TPSA) is 80.2 Å². The van der Waals surface area contributed by atoms with Crippen molar-refractivity contribution in [1.82, 2.24) is 19.9 Å². The van der Waals surface area contributed by atoms with Crippen LogP contribution in [0.25, 0.3) is 11.5 Å². The molecule has 0 saturated heterocycles. The molecule has 7 nitrogen and oxygen atoms in total. The van der Waals surface area contributed by atoms with Gasteiger partial charge in [-0.3, -0.25) is 4.68 Å². The molecule has 0 atom stereocenters. The van der Waals surface area contributed by atoms with Gasteiger partial charge in [-0.15, -0.1) is 0 Å². The van der Waals surface area contributed by atoms with Crippen LogP contribution < -0.4 is 4.90 Å². The Bertz CT molecular complexity index is 1010. The summed E-state index contributed by atoms with van der Waals surface area (Å²) in [5.74, 6) is -6.09. The summed E-state index contributed by atoms with van der Waals surface area (Å²) in [6.45, 7) is 0.432. The third-order valence-corrected chi connectivity index (χ3v) is 5.19. The molecule has 154 valence electrons. The molecule has 1 N–H and O–H groups in total. The van der Waals surface area contributed by atoms with Crippen molar-refractivity contribution in [2.45, 2.75) is 44.7 Å². The molecule has 2 heterocycles. The average Bonchev–Trinajstić information content (AvgIpc) is 3.39. The molecule has 3 aromatic rings. The van der Waals surface area contributed by atoms with E-state index < -0.39 is 28.8 Å². The first kappa shape index (κ1) is 19.3. The molecule has 1 fully saturated rings. The largest absolute Gasteiger partial charge is 0.503 e. The van der Waals surface area contributed by atoms with Crippen LogP contribution >= 0.6 is 0 Å². The maximum atomic E-state index is 14.1. The van der Waals surface area contributed by atoms with Crippen LogP contribution in [0, 0.1) is 17.5 Å². The van der Waals surface area contributed by atoms with Gasteiger partial charge in [-0.1, -0.05) is 19.3 Å². The first-order valence-corrected chi connectivity index (χ1v) is 9.39. The van der Waals surface area contributed by atoms with Crippen molar-refractivity contribution < 1.29 is 22.8 Å². The van der Waals surface area contributed by atoms with Crippen molar-refractivity contribution in [3.8, 4) is 17.2 Å². The standard InChI is InChI=1S/C19H20F3N5O2/c1-26(10-12-7-8-23-27(12)11-5-3-2-4-6-11)19-24-18(29-25-19)13-9-14(20)16(22)17(28)15(13)21/h7-9,11,28H,2-6,10H2,1H3. The first-order valence-electron chi connectivity index (χ1n) is 9.39. The SMILES string of the molecule is CN(Cc1ccnn1C1CCCCC1)c1noc(-c2cc(F)c(F)c(O)c2F)n1. The Morgan fingerprint density at radius 3 is 2.72 bits per heavy atom. The zero-order valence-corrected chi connectivity index (χ0v) is 15.8. The van der Waals surface area contributed by atoms with E-state index in [0.717, 1.165) is 18.5 Å². The lowest BCUT2D eigenvalue weighted by Crippen LogP contribution is -2.23. The van der Waals surface area contributed by atoms with Crippen molar-refractivity contribution in [2.24, 2.45) is 0 Å². The van der Waals surface area contributed by atoms with Crippen molar-refractivity contribution in [3.63, 3.8) is 0 Å². The van der Waals surface area contributed by atoms with Gasteiger partial charge in [-0.2, -0.15) is 14.5 Å². The van der Waals surface area contributed by atoms with E-state index in [2.05, 4.69) is 15.2 Å². The van der Waals surface area contributed by atoms with Crippen LogP contribution in [0.15, 0.2) is 22.9 Å². The van der Waals surface area contributed by atoms with Gasteiger partial charge in [0.25, 0.3) is 11.8 Å². The minimum absolute atomic E-state index is 0.139. The predicted octanol–water partition coefficient (Wildman–Crippen LogP) is 4.20. The fraction of sp³-hybridized carbons (Fsp3) is 0.421. The number of halogens is 3. The summed E-state index contributed by atoms with van der Waals surface area (Å²) in [5, 5.41) is 17.6. The Morgan fingerprint density at radius 2 is 1.97 bits per heavy atom. The van der Waals surface area contributed by atoms with E-state index in [1.807, 2.05) is 10.7 Å². The molecule has 10 heteroatoms. The van der Waals surface area contributed by atoms with E-state index in [4.69, 9.17) is 4.52 Å². The normalized spacial score (nSPS) is 15.0. The molecule has 29 heavy (non-hydrogen) atoms. The number of anilines is 1. The molecule has 0 amide bonds. The van der Waals surface area contributed by atoms with Gasteiger partial charge in [0.2, 0.25) is 5.82 Å². The number of phenols is 1. The summed E-state index contributed by atoms with van der Waals surface area (Å²) in [6.07, 6.45) is 7.53. The third-order valence-electron chi connectivity index (χ3n) is 5.19. The lowest BCUT2D eigenvalue weighted by Gasteiger charge is -2.25. The highest BCUT2D eigenvalue weighted by Crippen LogP contribution is 2.33. The summed E-state index contributed by atoms with van der Waals surface area (Å²) >= 11 is 0. The number of aromatic hydroxyl groups is 1. The second kappa shape index (κ2) is 7.76. The van der Waals surface area contributed by atoms with Crippen molar-refractivity contribution in [1.29, 1.82) is 0 Å². The van der Waals surface area contributed by atoms with Crippen LogP contribution in [0.5, 0.6) is 5.75 Å². The van der Waals surface area contributed by atoms with E-state index >= 15 is 0 Å². The summed E-state index contributed by atoms with van der Waals surface area (Å²) in [5.41, 5.74) is 0.461. The van der Waals surface area contributed by atoms with Gasteiger partial charge in [-0.05, 0) is 30.1 Å². The van der Waals surface area contributed by atoms with E-state index in [1.54, 1.807) is 18.1 Å².